The molecule has 0 spiro atoms. The van der Waals surface area contributed by atoms with E-state index in [-0.39, 0.29) is 5.69 Å². The summed E-state index contributed by atoms with van der Waals surface area (Å²) in [5, 5.41) is 14.0. The molecule has 3 aromatic rings. The zero-order chi connectivity index (χ0) is 19.1. The average molecular weight is 360 g/mol. The molecule has 0 amide bonds. The third-order valence-electron chi connectivity index (χ3n) is 4.14. The van der Waals surface area contributed by atoms with Crippen molar-refractivity contribution in [1.82, 2.24) is 0 Å². The minimum Gasteiger partial charge on any atom is -0.497 e. The highest BCUT2D eigenvalue weighted by Gasteiger charge is 2.03. The monoisotopic (exact) mass is 360 g/mol. The lowest BCUT2D eigenvalue weighted by Gasteiger charge is -2.07. The number of nitro groups is 1. The molecule has 0 aliphatic rings. The lowest BCUT2D eigenvalue weighted by Crippen LogP contribution is -1.99. The first-order chi connectivity index (χ1) is 13.1. The lowest BCUT2D eigenvalue weighted by atomic mass is 10.1. The van der Waals surface area contributed by atoms with Gasteiger partial charge in [0, 0.05) is 24.4 Å². The van der Waals surface area contributed by atoms with E-state index in [0.717, 1.165) is 28.1 Å². The first-order valence-electron chi connectivity index (χ1n) is 8.53. The summed E-state index contributed by atoms with van der Waals surface area (Å²) in [6, 6.07) is 22.6. The number of hydrogen-bond acceptors (Lipinski definition) is 4. The molecule has 0 saturated carbocycles. The third kappa shape index (κ3) is 5.19. The Morgan fingerprint density at radius 1 is 0.889 bits per heavy atom. The largest absolute Gasteiger partial charge is 0.497 e. The fraction of sp³-hybridized carbons (Fsp3) is 0.0909. The Labute approximate surface area is 158 Å². The molecule has 136 valence electrons. The van der Waals surface area contributed by atoms with Gasteiger partial charge in [-0.2, -0.15) is 0 Å². The van der Waals surface area contributed by atoms with Gasteiger partial charge in [-0.25, -0.2) is 0 Å². The first-order valence-corrected chi connectivity index (χ1v) is 8.53. The Hall–Kier alpha value is -3.60. The smallest absolute Gasteiger partial charge is 0.269 e. The highest BCUT2D eigenvalue weighted by molar-refractivity contribution is 5.70. The van der Waals surface area contributed by atoms with Crippen molar-refractivity contribution in [3.05, 3.63) is 99.6 Å². The maximum Gasteiger partial charge on any atom is 0.269 e. The van der Waals surface area contributed by atoms with Gasteiger partial charge in [-0.1, -0.05) is 48.6 Å². The molecule has 3 rings (SSSR count). The molecule has 3 aromatic carbocycles. The van der Waals surface area contributed by atoms with Crippen LogP contribution in [0.2, 0.25) is 0 Å². The maximum absolute atomic E-state index is 10.7. The number of nitrogens with one attached hydrogen (secondary N) is 1. The predicted molar refractivity (Wildman–Crippen MR) is 109 cm³/mol. The van der Waals surface area contributed by atoms with Crippen LogP contribution in [0.1, 0.15) is 16.7 Å². The van der Waals surface area contributed by atoms with Gasteiger partial charge in [-0.15, -0.1) is 0 Å². The summed E-state index contributed by atoms with van der Waals surface area (Å²) in [6.07, 6.45) is 4.11. The van der Waals surface area contributed by atoms with E-state index in [1.54, 1.807) is 19.2 Å². The summed E-state index contributed by atoms with van der Waals surface area (Å²) in [5.74, 6) is 0.843. The van der Waals surface area contributed by atoms with E-state index < -0.39 is 4.92 Å². The van der Waals surface area contributed by atoms with E-state index in [4.69, 9.17) is 4.74 Å². The molecule has 1 N–H and O–H groups in total. The van der Waals surface area contributed by atoms with Crippen molar-refractivity contribution in [3.63, 3.8) is 0 Å². The number of benzene rings is 3. The van der Waals surface area contributed by atoms with Crippen molar-refractivity contribution in [2.75, 3.05) is 12.4 Å². The standard InChI is InChI=1S/C22H20N2O3/c1-27-22-14-8-18(9-15-22)3-2-17-4-10-20(11-5-17)23-16-19-6-12-21(13-7-19)24(25)26/h2-15,23H,16H2,1H3/b3-2+. The van der Waals surface area contributed by atoms with Crippen molar-refractivity contribution in [2.24, 2.45) is 0 Å². The summed E-state index contributed by atoms with van der Waals surface area (Å²) >= 11 is 0. The van der Waals surface area contributed by atoms with Gasteiger partial charge in [-0.3, -0.25) is 10.1 Å². The number of anilines is 1. The number of nitro benzene ring substituents is 1. The van der Waals surface area contributed by atoms with Gasteiger partial charge in [-0.05, 0) is 41.0 Å². The van der Waals surface area contributed by atoms with Crippen LogP contribution in [0.3, 0.4) is 0 Å². The molecule has 27 heavy (non-hydrogen) atoms. The van der Waals surface area contributed by atoms with Gasteiger partial charge >= 0.3 is 0 Å². The van der Waals surface area contributed by atoms with Crippen LogP contribution in [-0.2, 0) is 6.54 Å². The van der Waals surface area contributed by atoms with E-state index in [9.17, 15) is 10.1 Å². The van der Waals surface area contributed by atoms with Crippen LogP contribution in [0.25, 0.3) is 12.2 Å². The zero-order valence-corrected chi connectivity index (χ0v) is 15.0. The van der Waals surface area contributed by atoms with Crippen LogP contribution in [0.4, 0.5) is 11.4 Å². The lowest BCUT2D eigenvalue weighted by molar-refractivity contribution is -0.384. The number of non-ortho nitro benzene ring substituents is 1. The molecule has 0 aliphatic heterocycles. The van der Waals surface area contributed by atoms with Crippen molar-refractivity contribution in [3.8, 4) is 5.75 Å². The summed E-state index contributed by atoms with van der Waals surface area (Å²) in [6.45, 7) is 0.610. The molecular weight excluding hydrogens is 340 g/mol. The van der Waals surface area contributed by atoms with Crippen LogP contribution in [0, 0.1) is 10.1 Å². The number of ether oxygens (including phenoxy) is 1. The second-order valence-electron chi connectivity index (χ2n) is 6.01. The normalized spacial score (nSPS) is 10.7. The van der Waals surface area contributed by atoms with Gasteiger partial charge < -0.3 is 10.1 Å². The second kappa shape index (κ2) is 8.67. The fourth-order valence-corrected chi connectivity index (χ4v) is 2.56. The maximum atomic E-state index is 10.7. The quantitative estimate of drug-likeness (QED) is 0.349. The summed E-state index contributed by atoms with van der Waals surface area (Å²) < 4.78 is 5.16. The molecule has 0 fully saturated rings. The number of hydrogen-bond donors (Lipinski definition) is 1. The Morgan fingerprint density at radius 3 is 1.96 bits per heavy atom. The predicted octanol–water partition coefficient (Wildman–Crippen LogP) is 5.39. The van der Waals surface area contributed by atoms with Crippen molar-refractivity contribution >= 4 is 23.5 Å². The van der Waals surface area contributed by atoms with Gasteiger partial charge in [0.25, 0.3) is 5.69 Å². The number of nitrogens with zero attached hydrogens (tertiary/aromatic N) is 1. The molecule has 0 unspecified atom stereocenters. The Kier molecular flexibility index (Phi) is 5.84. The Balaban J connectivity index is 1.56. The molecule has 5 heteroatoms. The Bertz CT molecular complexity index is 915. The van der Waals surface area contributed by atoms with Crippen molar-refractivity contribution in [2.45, 2.75) is 6.54 Å². The molecule has 5 nitrogen and oxygen atoms in total. The summed E-state index contributed by atoms with van der Waals surface area (Å²) in [7, 11) is 1.65. The fourth-order valence-electron chi connectivity index (χ4n) is 2.56. The van der Waals surface area contributed by atoms with E-state index in [0.29, 0.717) is 6.54 Å². The average Bonchev–Trinajstić information content (AvgIpc) is 2.72. The minimum atomic E-state index is -0.393. The minimum absolute atomic E-state index is 0.103. The Morgan fingerprint density at radius 2 is 1.44 bits per heavy atom. The van der Waals surface area contributed by atoms with Crippen molar-refractivity contribution < 1.29 is 9.66 Å². The van der Waals surface area contributed by atoms with E-state index in [1.165, 1.54) is 12.1 Å². The van der Waals surface area contributed by atoms with Gasteiger partial charge in [0.15, 0.2) is 0 Å². The molecule has 0 heterocycles. The molecule has 0 aromatic heterocycles. The number of rotatable bonds is 7. The third-order valence-corrected chi connectivity index (χ3v) is 4.14. The summed E-state index contributed by atoms with van der Waals surface area (Å²) in [4.78, 5) is 10.3. The molecule has 0 aliphatic carbocycles. The van der Waals surface area contributed by atoms with Crippen LogP contribution in [0.15, 0.2) is 72.8 Å². The molecular formula is C22H20N2O3. The van der Waals surface area contributed by atoms with Crippen LogP contribution in [0.5, 0.6) is 5.75 Å². The zero-order valence-electron chi connectivity index (χ0n) is 15.0. The molecule has 0 bridgehead atoms. The van der Waals surface area contributed by atoms with E-state index >= 15 is 0 Å². The second-order valence-corrected chi connectivity index (χ2v) is 6.01. The van der Waals surface area contributed by atoms with Crippen LogP contribution >= 0.6 is 0 Å². The molecule has 0 radical (unpaired) electrons. The van der Waals surface area contributed by atoms with E-state index in [1.807, 2.05) is 48.5 Å². The number of methoxy groups -OCH3 is 1. The topological polar surface area (TPSA) is 64.4 Å². The van der Waals surface area contributed by atoms with E-state index in [2.05, 4.69) is 17.5 Å². The van der Waals surface area contributed by atoms with Crippen LogP contribution < -0.4 is 10.1 Å². The van der Waals surface area contributed by atoms with Gasteiger partial charge in [0.2, 0.25) is 0 Å². The van der Waals surface area contributed by atoms with Gasteiger partial charge in [0.05, 0.1) is 12.0 Å². The first kappa shape index (κ1) is 18.2. The highest BCUT2D eigenvalue weighted by Crippen LogP contribution is 2.17. The summed E-state index contributed by atoms with van der Waals surface area (Å²) in [5.41, 5.74) is 4.30. The highest BCUT2D eigenvalue weighted by atomic mass is 16.6. The van der Waals surface area contributed by atoms with Crippen molar-refractivity contribution in [1.29, 1.82) is 0 Å². The molecule has 0 atom stereocenters. The molecule has 0 saturated heterocycles. The SMILES string of the molecule is COc1ccc(/C=C/c2ccc(NCc3ccc([N+](=O)[O-])cc3)cc2)cc1. The van der Waals surface area contributed by atoms with Gasteiger partial charge in [0.1, 0.15) is 5.75 Å². The van der Waals surface area contributed by atoms with Crippen LogP contribution in [-0.4, -0.2) is 12.0 Å².